The van der Waals surface area contributed by atoms with Crippen molar-refractivity contribution in [3.63, 3.8) is 0 Å². The van der Waals surface area contributed by atoms with Gasteiger partial charge in [-0.3, -0.25) is 9.59 Å². The van der Waals surface area contributed by atoms with Crippen molar-refractivity contribution in [1.82, 2.24) is 9.80 Å². The number of hydrogen-bond donors (Lipinski definition) is 0. The molecule has 8 heteroatoms. The molecule has 0 aromatic heterocycles. The molecule has 1 saturated heterocycles. The van der Waals surface area contributed by atoms with Gasteiger partial charge in [0.15, 0.2) is 6.10 Å². The first-order chi connectivity index (χ1) is 11.3. The number of halogens is 3. The molecule has 2 rings (SSSR count). The summed E-state index contributed by atoms with van der Waals surface area (Å²) < 4.78 is 44.2. The van der Waals surface area contributed by atoms with Crippen molar-refractivity contribution in [2.24, 2.45) is 0 Å². The van der Waals surface area contributed by atoms with Crippen LogP contribution in [-0.2, 0) is 15.8 Å². The van der Waals surface area contributed by atoms with E-state index in [1.54, 1.807) is 4.90 Å². The summed E-state index contributed by atoms with van der Waals surface area (Å²) in [4.78, 5) is 26.3. The molecule has 132 valence electrons. The van der Waals surface area contributed by atoms with Crippen LogP contribution in [0.3, 0.4) is 0 Å². The zero-order valence-electron chi connectivity index (χ0n) is 13.3. The molecular formula is C16H19F3N2O3. The maximum absolute atomic E-state index is 13.0. The molecule has 0 N–H and O–H groups in total. The van der Waals surface area contributed by atoms with Crippen LogP contribution in [0, 0.1) is 0 Å². The Kier molecular flexibility index (Phi) is 5.69. The van der Waals surface area contributed by atoms with Crippen molar-refractivity contribution in [2.45, 2.75) is 25.6 Å². The minimum Gasteiger partial charge on any atom is -0.480 e. The SMILES string of the molecule is C[C@H](Oc1ccccc1C(F)(F)F)C(=O)N1CCCN(C=O)CC1. The van der Waals surface area contributed by atoms with Gasteiger partial charge in [0.1, 0.15) is 5.75 Å². The van der Waals surface area contributed by atoms with E-state index in [1.807, 2.05) is 0 Å². The highest BCUT2D eigenvalue weighted by atomic mass is 19.4. The molecular weight excluding hydrogens is 325 g/mol. The van der Waals surface area contributed by atoms with Crippen LogP contribution in [-0.4, -0.2) is 54.4 Å². The summed E-state index contributed by atoms with van der Waals surface area (Å²) in [6, 6.07) is 4.81. The third kappa shape index (κ3) is 4.39. The minimum atomic E-state index is -4.55. The summed E-state index contributed by atoms with van der Waals surface area (Å²) in [6.45, 7) is 3.17. The average molecular weight is 344 g/mol. The first-order valence-corrected chi connectivity index (χ1v) is 7.64. The van der Waals surface area contributed by atoms with E-state index >= 15 is 0 Å². The van der Waals surface area contributed by atoms with Crippen LogP contribution in [0.1, 0.15) is 18.9 Å². The van der Waals surface area contributed by atoms with Crippen LogP contribution >= 0.6 is 0 Å². The zero-order chi connectivity index (χ0) is 17.7. The number of benzene rings is 1. The molecule has 1 heterocycles. The number of hydrogen-bond acceptors (Lipinski definition) is 3. The lowest BCUT2D eigenvalue weighted by Gasteiger charge is -2.25. The summed E-state index contributed by atoms with van der Waals surface area (Å²) in [5.74, 6) is -0.755. The van der Waals surface area contributed by atoms with Gasteiger partial charge in [-0.2, -0.15) is 13.2 Å². The predicted molar refractivity (Wildman–Crippen MR) is 80.4 cm³/mol. The number of nitrogens with zero attached hydrogens (tertiary/aromatic N) is 2. The Morgan fingerprint density at radius 1 is 1.21 bits per heavy atom. The van der Waals surface area contributed by atoms with Gasteiger partial charge in [0.05, 0.1) is 5.56 Å². The Balaban J connectivity index is 2.06. The number of amides is 2. The Bertz CT molecular complexity index is 592. The van der Waals surface area contributed by atoms with Crippen molar-refractivity contribution in [3.05, 3.63) is 29.8 Å². The Hall–Kier alpha value is -2.25. The number of rotatable bonds is 4. The average Bonchev–Trinajstić information content (AvgIpc) is 2.79. The minimum absolute atomic E-state index is 0.339. The van der Waals surface area contributed by atoms with Crippen molar-refractivity contribution >= 4 is 12.3 Å². The maximum Gasteiger partial charge on any atom is 0.419 e. The summed E-state index contributed by atoms with van der Waals surface area (Å²) >= 11 is 0. The fourth-order valence-electron chi connectivity index (χ4n) is 2.56. The standard InChI is InChI=1S/C16H19F3N2O3/c1-12(15(23)21-8-4-7-20(11-22)9-10-21)24-14-6-3-2-5-13(14)16(17,18)19/h2-3,5-6,11-12H,4,7-10H2,1H3/t12-/m0/s1. The predicted octanol–water partition coefficient (Wildman–Crippen LogP) is 2.16. The smallest absolute Gasteiger partial charge is 0.419 e. The Labute approximate surface area is 138 Å². The lowest BCUT2D eigenvalue weighted by Crippen LogP contribution is -2.42. The molecule has 1 atom stereocenters. The molecule has 24 heavy (non-hydrogen) atoms. The largest absolute Gasteiger partial charge is 0.480 e. The molecule has 5 nitrogen and oxygen atoms in total. The number of ether oxygens (including phenoxy) is 1. The summed E-state index contributed by atoms with van der Waals surface area (Å²) in [5, 5.41) is 0. The maximum atomic E-state index is 13.0. The van der Waals surface area contributed by atoms with Gasteiger partial charge >= 0.3 is 6.18 Å². The lowest BCUT2D eigenvalue weighted by molar-refractivity contribution is -0.143. The Morgan fingerprint density at radius 3 is 2.58 bits per heavy atom. The summed E-state index contributed by atoms with van der Waals surface area (Å²) in [6.07, 6.45) is -4.24. The molecule has 1 aromatic carbocycles. The number of carbonyl (C=O) groups is 2. The van der Waals surface area contributed by atoms with E-state index in [0.29, 0.717) is 32.6 Å². The molecule has 0 unspecified atom stereocenters. The Morgan fingerprint density at radius 2 is 1.92 bits per heavy atom. The summed E-state index contributed by atoms with van der Waals surface area (Å²) in [7, 11) is 0. The lowest BCUT2D eigenvalue weighted by atomic mass is 10.2. The molecule has 1 fully saturated rings. The van der Waals surface area contributed by atoms with E-state index in [-0.39, 0.29) is 11.7 Å². The van der Waals surface area contributed by atoms with E-state index in [1.165, 1.54) is 30.0 Å². The van der Waals surface area contributed by atoms with E-state index in [9.17, 15) is 22.8 Å². The van der Waals surface area contributed by atoms with E-state index < -0.39 is 17.8 Å². The number of carbonyl (C=O) groups excluding carboxylic acids is 2. The van der Waals surface area contributed by atoms with Gasteiger partial charge < -0.3 is 14.5 Å². The van der Waals surface area contributed by atoms with Crippen LogP contribution in [0.25, 0.3) is 0 Å². The highest BCUT2D eigenvalue weighted by Gasteiger charge is 2.35. The molecule has 2 amide bonds. The number of para-hydroxylation sites is 1. The third-order valence-corrected chi connectivity index (χ3v) is 3.84. The second kappa shape index (κ2) is 7.55. The van der Waals surface area contributed by atoms with Crippen LogP contribution in [0.2, 0.25) is 0 Å². The quantitative estimate of drug-likeness (QED) is 0.787. The van der Waals surface area contributed by atoms with E-state index in [0.717, 1.165) is 12.5 Å². The second-order valence-electron chi connectivity index (χ2n) is 5.57. The van der Waals surface area contributed by atoms with Gasteiger partial charge in [-0.05, 0) is 25.5 Å². The van der Waals surface area contributed by atoms with Crippen LogP contribution in [0.5, 0.6) is 5.75 Å². The van der Waals surface area contributed by atoms with Gasteiger partial charge in [-0.15, -0.1) is 0 Å². The van der Waals surface area contributed by atoms with Crippen LogP contribution in [0.4, 0.5) is 13.2 Å². The fraction of sp³-hybridized carbons (Fsp3) is 0.500. The first kappa shape index (κ1) is 18.1. The van der Waals surface area contributed by atoms with Crippen molar-refractivity contribution in [2.75, 3.05) is 26.2 Å². The van der Waals surface area contributed by atoms with Crippen molar-refractivity contribution in [3.8, 4) is 5.75 Å². The molecule has 1 aliphatic rings. The van der Waals surface area contributed by atoms with E-state index in [4.69, 9.17) is 4.74 Å². The molecule has 1 aliphatic heterocycles. The third-order valence-electron chi connectivity index (χ3n) is 3.84. The highest BCUT2D eigenvalue weighted by Crippen LogP contribution is 2.36. The molecule has 0 saturated carbocycles. The molecule has 0 spiro atoms. The fourth-order valence-corrected chi connectivity index (χ4v) is 2.56. The molecule has 0 aliphatic carbocycles. The normalized spacial score (nSPS) is 17.2. The van der Waals surface area contributed by atoms with Gasteiger partial charge in [0.25, 0.3) is 5.91 Å². The molecule has 0 bridgehead atoms. The van der Waals surface area contributed by atoms with Crippen LogP contribution < -0.4 is 4.74 Å². The monoisotopic (exact) mass is 344 g/mol. The van der Waals surface area contributed by atoms with Gasteiger partial charge in [0, 0.05) is 26.2 Å². The van der Waals surface area contributed by atoms with Crippen LogP contribution in [0.15, 0.2) is 24.3 Å². The van der Waals surface area contributed by atoms with Crippen molar-refractivity contribution < 1.29 is 27.5 Å². The van der Waals surface area contributed by atoms with Crippen molar-refractivity contribution in [1.29, 1.82) is 0 Å². The van der Waals surface area contributed by atoms with Gasteiger partial charge in [-0.25, -0.2) is 0 Å². The second-order valence-corrected chi connectivity index (χ2v) is 5.57. The zero-order valence-corrected chi connectivity index (χ0v) is 13.3. The molecule has 1 aromatic rings. The first-order valence-electron chi connectivity index (χ1n) is 7.64. The topological polar surface area (TPSA) is 49.9 Å². The van der Waals surface area contributed by atoms with Gasteiger partial charge in [-0.1, -0.05) is 12.1 Å². The molecule has 0 radical (unpaired) electrons. The number of alkyl halides is 3. The summed E-state index contributed by atoms with van der Waals surface area (Å²) in [5.41, 5.74) is -0.910. The highest BCUT2D eigenvalue weighted by molar-refractivity contribution is 5.81. The van der Waals surface area contributed by atoms with Gasteiger partial charge in [0.2, 0.25) is 6.41 Å². The van der Waals surface area contributed by atoms with E-state index in [2.05, 4.69) is 0 Å².